The van der Waals surface area contributed by atoms with Gasteiger partial charge in [0.25, 0.3) is 11.8 Å². The molecule has 0 saturated heterocycles. The highest BCUT2D eigenvalue weighted by Gasteiger charge is 2.13. The number of benzene rings is 2. The Hall–Kier alpha value is -3.67. The van der Waals surface area contributed by atoms with Crippen molar-refractivity contribution in [3.8, 4) is 23.1 Å². The highest BCUT2D eigenvalue weighted by atomic mass is 16.4. The molecule has 2 aromatic carbocycles. The lowest BCUT2D eigenvalue weighted by Gasteiger charge is -2.07. The topological polar surface area (TPSA) is 81.2 Å². The molecule has 134 valence electrons. The summed E-state index contributed by atoms with van der Waals surface area (Å²) in [5.41, 5.74) is 3.10. The third-order valence-corrected chi connectivity index (χ3v) is 4.12. The minimum atomic E-state index is -0.163. The van der Waals surface area contributed by atoms with E-state index < -0.39 is 0 Å². The standard InChI is InChI=1S/C21H17N3O3/c1-2-14-6-3-7-15(12-14)19(25)22-17-9-4-8-16(13-17)20-23-24-21(27-20)18-10-5-11-26-18/h3-13H,2H2,1H3,(H,22,25). The molecule has 0 atom stereocenters. The van der Waals surface area contributed by atoms with Crippen LogP contribution < -0.4 is 5.32 Å². The number of furan rings is 1. The summed E-state index contributed by atoms with van der Waals surface area (Å²) in [5.74, 6) is 1.00. The number of nitrogens with zero attached hydrogens (tertiary/aromatic N) is 2. The molecule has 2 aromatic heterocycles. The van der Waals surface area contributed by atoms with E-state index in [1.54, 1.807) is 30.5 Å². The SMILES string of the molecule is CCc1cccc(C(=O)Nc2cccc(-c3nnc(-c4ccco4)o3)c2)c1. The van der Waals surface area contributed by atoms with Crippen molar-refractivity contribution < 1.29 is 13.6 Å². The molecular weight excluding hydrogens is 342 g/mol. The van der Waals surface area contributed by atoms with Gasteiger partial charge in [0, 0.05) is 16.8 Å². The molecule has 0 radical (unpaired) electrons. The van der Waals surface area contributed by atoms with Gasteiger partial charge in [-0.25, -0.2) is 0 Å². The molecule has 4 rings (SSSR count). The number of carbonyl (C=O) groups is 1. The van der Waals surface area contributed by atoms with Crippen LogP contribution in [-0.2, 0) is 6.42 Å². The van der Waals surface area contributed by atoms with Crippen molar-refractivity contribution >= 4 is 11.6 Å². The Balaban J connectivity index is 1.55. The predicted octanol–water partition coefficient (Wildman–Crippen LogP) is 4.81. The van der Waals surface area contributed by atoms with E-state index in [1.807, 2.05) is 36.4 Å². The number of rotatable bonds is 5. The third kappa shape index (κ3) is 3.64. The van der Waals surface area contributed by atoms with E-state index >= 15 is 0 Å². The average molecular weight is 359 g/mol. The minimum Gasteiger partial charge on any atom is -0.459 e. The Kier molecular flexibility index (Phi) is 4.53. The molecule has 4 aromatic rings. The lowest BCUT2D eigenvalue weighted by atomic mass is 10.1. The molecule has 6 heteroatoms. The summed E-state index contributed by atoms with van der Waals surface area (Å²) in [5, 5.41) is 11.0. The van der Waals surface area contributed by atoms with E-state index in [0.717, 1.165) is 12.0 Å². The first-order valence-corrected chi connectivity index (χ1v) is 8.61. The van der Waals surface area contributed by atoms with Gasteiger partial charge in [-0.15, -0.1) is 10.2 Å². The van der Waals surface area contributed by atoms with Crippen LogP contribution in [0.5, 0.6) is 0 Å². The summed E-state index contributed by atoms with van der Waals surface area (Å²) < 4.78 is 10.9. The number of carbonyl (C=O) groups excluding carboxylic acids is 1. The molecule has 1 N–H and O–H groups in total. The lowest BCUT2D eigenvalue weighted by Crippen LogP contribution is -2.12. The monoisotopic (exact) mass is 359 g/mol. The number of amides is 1. The Labute approximate surface area is 155 Å². The third-order valence-electron chi connectivity index (χ3n) is 4.12. The van der Waals surface area contributed by atoms with Crippen molar-refractivity contribution in [2.75, 3.05) is 5.32 Å². The fourth-order valence-electron chi connectivity index (χ4n) is 2.71. The van der Waals surface area contributed by atoms with Crippen LogP contribution in [0, 0.1) is 0 Å². The first-order chi connectivity index (χ1) is 13.2. The van der Waals surface area contributed by atoms with Gasteiger partial charge >= 0.3 is 0 Å². The molecule has 1 amide bonds. The molecule has 0 fully saturated rings. The predicted molar refractivity (Wildman–Crippen MR) is 101 cm³/mol. The van der Waals surface area contributed by atoms with Crippen LogP contribution in [0.4, 0.5) is 5.69 Å². The van der Waals surface area contributed by atoms with Crippen LogP contribution in [0.3, 0.4) is 0 Å². The van der Waals surface area contributed by atoms with Gasteiger partial charge < -0.3 is 14.2 Å². The van der Waals surface area contributed by atoms with Crippen LogP contribution in [-0.4, -0.2) is 16.1 Å². The summed E-state index contributed by atoms with van der Waals surface area (Å²) >= 11 is 0. The van der Waals surface area contributed by atoms with Gasteiger partial charge in [-0.3, -0.25) is 4.79 Å². The second-order valence-corrected chi connectivity index (χ2v) is 5.98. The second kappa shape index (κ2) is 7.29. The summed E-state index contributed by atoms with van der Waals surface area (Å²) in [6, 6.07) is 18.4. The molecule has 0 unspecified atom stereocenters. The van der Waals surface area contributed by atoms with Gasteiger partial charge in [0.1, 0.15) is 0 Å². The summed E-state index contributed by atoms with van der Waals surface area (Å²) in [6.07, 6.45) is 2.43. The van der Waals surface area contributed by atoms with Crippen LogP contribution in [0.1, 0.15) is 22.8 Å². The smallest absolute Gasteiger partial charge is 0.283 e. The number of hydrogen-bond acceptors (Lipinski definition) is 5. The number of nitrogens with one attached hydrogen (secondary N) is 1. The van der Waals surface area contributed by atoms with Crippen molar-refractivity contribution in [1.82, 2.24) is 10.2 Å². The van der Waals surface area contributed by atoms with Gasteiger partial charge in [0.05, 0.1) is 6.26 Å². The Morgan fingerprint density at radius 1 is 1.00 bits per heavy atom. The lowest BCUT2D eigenvalue weighted by molar-refractivity contribution is 0.102. The number of hydrogen-bond donors (Lipinski definition) is 1. The average Bonchev–Trinajstić information content (AvgIpc) is 3.40. The Bertz CT molecular complexity index is 1070. The van der Waals surface area contributed by atoms with Crippen LogP contribution in [0.15, 0.2) is 75.8 Å². The minimum absolute atomic E-state index is 0.163. The quantitative estimate of drug-likeness (QED) is 0.553. The number of aromatic nitrogens is 2. The highest BCUT2D eigenvalue weighted by Crippen LogP contribution is 2.26. The number of anilines is 1. The molecule has 0 aliphatic rings. The zero-order chi connectivity index (χ0) is 18.6. The molecule has 27 heavy (non-hydrogen) atoms. The first-order valence-electron chi connectivity index (χ1n) is 8.61. The molecular formula is C21H17N3O3. The van der Waals surface area contributed by atoms with Gasteiger partial charge in [-0.2, -0.15) is 0 Å². The van der Waals surface area contributed by atoms with E-state index in [9.17, 15) is 4.79 Å². The molecule has 2 heterocycles. The summed E-state index contributed by atoms with van der Waals surface area (Å²) in [6.45, 7) is 2.06. The molecule has 0 spiro atoms. The fourth-order valence-corrected chi connectivity index (χ4v) is 2.71. The zero-order valence-corrected chi connectivity index (χ0v) is 14.7. The molecule has 0 aliphatic heterocycles. The highest BCUT2D eigenvalue weighted by molar-refractivity contribution is 6.04. The van der Waals surface area contributed by atoms with E-state index in [1.165, 1.54) is 0 Å². The zero-order valence-electron chi connectivity index (χ0n) is 14.7. The van der Waals surface area contributed by atoms with Gasteiger partial charge in [0.2, 0.25) is 5.89 Å². The largest absolute Gasteiger partial charge is 0.459 e. The maximum absolute atomic E-state index is 12.5. The molecule has 0 aliphatic carbocycles. The van der Waals surface area contributed by atoms with Gasteiger partial charge in [-0.1, -0.05) is 25.1 Å². The maximum atomic E-state index is 12.5. The molecule has 6 nitrogen and oxygen atoms in total. The first kappa shape index (κ1) is 16.8. The second-order valence-electron chi connectivity index (χ2n) is 5.98. The Morgan fingerprint density at radius 3 is 2.67 bits per heavy atom. The van der Waals surface area contributed by atoms with Crippen molar-refractivity contribution in [3.63, 3.8) is 0 Å². The van der Waals surface area contributed by atoms with Crippen LogP contribution >= 0.6 is 0 Å². The molecule has 0 saturated carbocycles. The van der Waals surface area contributed by atoms with Crippen molar-refractivity contribution in [2.45, 2.75) is 13.3 Å². The van der Waals surface area contributed by atoms with E-state index in [2.05, 4.69) is 22.4 Å². The van der Waals surface area contributed by atoms with Crippen molar-refractivity contribution in [1.29, 1.82) is 0 Å². The van der Waals surface area contributed by atoms with Crippen LogP contribution in [0.25, 0.3) is 23.1 Å². The fraction of sp³-hybridized carbons (Fsp3) is 0.0952. The summed E-state index contributed by atoms with van der Waals surface area (Å²) in [4.78, 5) is 12.5. The van der Waals surface area contributed by atoms with E-state index in [4.69, 9.17) is 8.83 Å². The molecule has 0 bridgehead atoms. The van der Waals surface area contributed by atoms with Crippen molar-refractivity contribution in [2.24, 2.45) is 0 Å². The number of aryl methyl sites for hydroxylation is 1. The van der Waals surface area contributed by atoms with Crippen molar-refractivity contribution in [3.05, 3.63) is 78.1 Å². The Morgan fingerprint density at radius 2 is 1.85 bits per heavy atom. The summed E-state index contributed by atoms with van der Waals surface area (Å²) in [7, 11) is 0. The normalized spacial score (nSPS) is 10.7. The van der Waals surface area contributed by atoms with Crippen LogP contribution in [0.2, 0.25) is 0 Å². The van der Waals surface area contributed by atoms with E-state index in [-0.39, 0.29) is 5.91 Å². The van der Waals surface area contributed by atoms with Gasteiger partial charge in [0.15, 0.2) is 5.76 Å². The van der Waals surface area contributed by atoms with E-state index in [0.29, 0.717) is 34.4 Å². The maximum Gasteiger partial charge on any atom is 0.283 e. The van der Waals surface area contributed by atoms with Gasteiger partial charge in [-0.05, 0) is 54.4 Å².